The van der Waals surface area contributed by atoms with Gasteiger partial charge in [-0.05, 0) is 30.3 Å². The molecule has 0 saturated heterocycles. The van der Waals surface area contributed by atoms with Gasteiger partial charge < -0.3 is 5.73 Å². The number of nitrogens with two attached hydrogens (primary N) is 1. The summed E-state index contributed by atoms with van der Waals surface area (Å²) in [6.07, 6.45) is 0. The van der Waals surface area contributed by atoms with Crippen molar-refractivity contribution >= 4 is 33.0 Å². The number of nitrogens with one attached hydrogen (secondary N) is 1. The molecule has 2 aromatic rings. The van der Waals surface area contributed by atoms with Crippen molar-refractivity contribution in [1.82, 2.24) is 0 Å². The topological polar surface area (TPSA) is 72.2 Å². The van der Waals surface area contributed by atoms with E-state index in [1.54, 1.807) is 0 Å². The van der Waals surface area contributed by atoms with Crippen LogP contribution in [0, 0.1) is 11.6 Å². The first kappa shape index (κ1) is 14.5. The molecule has 8 heteroatoms. The minimum Gasteiger partial charge on any atom is -0.398 e. The number of anilines is 2. The zero-order valence-electron chi connectivity index (χ0n) is 9.90. The van der Waals surface area contributed by atoms with Crippen LogP contribution in [0.4, 0.5) is 20.2 Å². The normalized spacial score (nSPS) is 11.3. The third-order valence-corrected chi connectivity index (χ3v) is 4.20. The highest BCUT2D eigenvalue weighted by Gasteiger charge is 2.23. The zero-order valence-corrected chi connectivity index (χ0v) is 11.5. The lowest BCUT2D eigenvalue weighted by molar-refractivity contribution is 0.521. The van der Waals surface area contributed by atoms with E-state index in [2.05, 4.69) is 0 Å². The lowest BCUT2D eigenvalue weighted by atomic mass is 10.3. The van der Waals surface area contributed by atoms with Crippen molar-refractivity contribution in [2.24, 2.45) is 0 Å². The SMILES string of the molecule is Nc1ccc(NS(=O)(=O)c2c(F)cccc2F)cc1Cl. The molecule has 0 heterocycles. The summed E-state index contributed by atoms with van der Waals surface area (Å²) in [6, 6.07) is 6.73. The fourth-order valence-electron chi connectivity index (χ4n) is 1.54. The Hall–Kier alpha value is -1.86. The Kier molecular flexibility index (Phi) is 3.82. The molecule has 0 atom stereocenters. The van der Waals surface area contributed by atoms with Gasteiger partial charge in [-0.15, -0.1) is 0 Å². The maximum Gasteiger partial charge on any atom is 0.267 e. The van der Waals surface area contributed by atoms with Gasteiger partial charge in [0.1, 0.15) is 11.6 Å². The highest BCUT2D eigenvalue weighted by atomic mass is 35.5. The predicted molar refractivity (Wildman–Crippen MR) is 73.0 cm³/mol. The number of nitrogen functional groups attached to an aromatic ring is 1. The first-order chi connectivity index (χ1) is 9.31. The summed E-state index contributed by atoms with van der Waals surface area (Å²) in [5.74, 6) is -2.36. The third kappa shape index (κ3) is 2.83. The van der Waals surface area contributed by atoms with Crippen LogP contribution in [-0.2, 0) is 10.0 Å². The maximum absolute atomic E-state index is 13.5. The van der Waals surface area contributed by atoms with Gasteiger partial charge in [-0.3, -0.25) is 4.72 Å². The molecule has 2 rings (SSSR count). The van der Waals surface area contributed by atoms with E-state index >= 15 is 0 Å². The molecule has 0 aliphatic carbocycles. The number of hydrogen-bond donors (Lipinski definition) is 2. The fourth-order valence-corrected chi connectivity index (χ4v) is 2.91. The summed E-state index contributed by atoms with van der Waals surface area (Å²) in [7, 11) is -4.40. The van der Waals surface area contributed by atoms with Crippen LogP contribution in [0.5, 0.6) is 0 Å². The predicted octanol–water partition coefficient (Wildman–Crippen LogP) is 3.00. The summed E-state index contributed by atoms with van der Waals surface area (Å²) < 4.78 is 53.0. The van der Waals surface area contributed by atoms with Gasteiger partial charge >= 0.3 is 0 Å². The second-order valence-electron chi connectivity index (χ2n) is 3.89. The van der Waals surface area contributed by atoms with E-state index in [-0.39, 0.29) is 16.4 Å². The van der Waals surface area contributed by atoms with Gasteiger partial charge in [-0.2, -0.15) is 0 Å². The van der Waals surface area contributed by atoms with E-state index in [4.69, 9.17) is 17.3 Å². The molecule has 0 aliphatic heterocycles. The molecule has 3 N–H and O–H groups in total. The van der Waals surface area contributed by atoms with Crippen molar-refractivity contribution in [1.29, 1.82) is 0 Å². The Bertz CT molecular complexity index is 746. The van der Waals surface area contributed by atoms with Crippen molar-refractivity contribution in [2.75, 3.05) is 10.5 Å². The van der Waals surface area contributed by atoms with Gasteiger partial charge in [-0.25, -0.2) is 17.2 Å². The lowest BCUT2D eigenvalue weighted by Crippen LogP contribution is -2.16. The van der Waals surface area contributed by atoms with Crippen LogP contribution in [-0.4, -0.2) is 8.42 Å². The van der Waals surface area contributed by atoms with Crippen LogP contribution in [0.3, 0.4) is 0 Å². The van der Waals surface area contributed by atoms with Gasteiger partial charge in [0, 0.05) is 0 Å². The highest BCUT2D eigenvalue weighted by molar-refractivity contribution is 7.92. The van der Waals surface area contributed by atoms with E-state index < -0.39 is 26.6 Å². The van der Waals surface area contributed by atoms with Crippen molar-refractivity contribution < 1.29 is 17.2 Å². The van der Waals surface area contributed by atoms with E-state index in [1.165, 1.54) is 18.2 Å². The van der Waals surface area contributed by atoms with E-state index in [0.717, 1.165) is 18.2 Å². The van der Waals surface area contributed by atoms with E-state index in [0.29, 0.717) is 0 Å². The monoisotopic (exact) mass is 318 g/mol. The van der Waals surface area contributed by atoms with Gasteiger partial charge in [-0.1, -0.05) is 17.7 Å². The van der Waals surface area contributed by atoms with Crippen LogP contribution >= 0.6 is 11.6 Å². The molecule has 2 aromatic carbocycles. The third-order valence-electron chi connectivity index (χ3n) is 2.44. The molecule has 0 amide bonds. The second-order valence-corrected chi connectivity index (χ2v) is 5.92. The fraction of sp³-hybridized carbons (Fsp3) is 0. The van der Waals surface area contributed by atoms with Crippen molar-refractivity contribution in [3.05, 3.63) is 53.1 Å². The Morgan fingerprint density at radius 1 is 1.10 bits per heavy atom. The Balaban J connectivity index is 2.43. The zero-order chi connectivity index (χ0) is 14.9. The molecular formula is C12H9ClF2N2O2S. The summed E-state index contributed by atoms with van der Waals surface area (Å²) in [5, 5.41) is 0.124. The standard InChI is InChI=1S/C12H9ClF2N2O2S/c13-8-6-7(4-5-11(8)16)17-20(18,19)12-9(14)2-1-3-10(12)15/h1-6,17H,16H2. The first-order valence-corrected chi connectivity index (χ1v) is 7.19. The number of halogens is 3. The average molecular weight is 319 g/mol. The minimum atomic E-state index is -4.40. The van der Waals surface area contributed by atoms with Crippen molar-refractivity contribution in [3.63, 3.8) is 0 Å². The van der Waals surface area contributed by atoms with Gasteiger partial charge in [0.2, 0.25) is 0 Å². The van der Waals surface area contributed by atoms with Gasteiger partial charge in [0.05, 0.1) is 16.4 Å². The molecule has 106 valence electrons. The molecule has 20 heavy (non-hydrogen) atoms. The summed E-state index contributed by atoms with van der Waals surface area (Å²) in [6.45, 7) is 0. The number of sulfonamides is 1. The van der Waals surface area contributed by atoms with Gasteiger partial charge in [0.25, 0.3) is 10.0 Å². The molecule has 0 bridgehead atoms. The summed E-state index contributed by atoms with van der Waals surface area (Å²) in [5.41, 5.74) is 5.79. The lowest BCUT2D eigenvalue weighted by Gasteiger charge is -2.10. The van der Waals surface area contributed by atoms with Crippen LogP contribution in [0.15, 0.2) is 41.3 Å². The maximum atomic E-state index is 13.5. The minimum absolute atomic E-state index is 0.0480. The van der Waals surface area contributed by atoms with Crippen LogP contribution in [0.25, 0.3) is 0 Å². The summed E-state index contributed by atoms with van der Waals surface area (Å²) in [4.78, 5) is -1.05. The molecule has 0 unspecified atom stereocenters. The second kappa shape index (κ2) is 5.26. The highest BCUT2D eigenvalue weighted by Crippen LogP contribution is 2.26. The number of rotatable bonds is 3. The largest absolute Gasteiger partial charge is 0.398 e. The van der Waals surface area contributed by atoms with Crippen LogP contribution in [0.1, 0.15) is 0 Å². The average Bonchev–Trinajstić information content (AvgIpc) is 2.33. The van der Waals surface area contributed by atoms with Crippen LogP contribution in [0.2, 0.25) is 5.02 Å². The first-order valence-electron chi connectivity index (χ1n) is 5.33. The van der Waals surface area contributed by atoms with Gasteiger partial charge in [0.15, 0.2) is 4.90 Å². The van der Waals surface area contributed by atoms with Crippen LogP contribution < -0.4 is 10.5 Å². The Morgan fingerprint density at radius 3 is 2.25 bits per heavy atom. The Morgan fingerprint density at radius 2 is 1.70 bits per heavy atom. The number of hydrogen-bond acceptors (Lipinski definition) is 3. The summed E-state index contributed by atoms with van der Waals surface area (Å²) >= 11 is 5.74. The quantitative estimate of drug-likeness (QED) is 0.854. The smallest absolute Gasteiger partial charge is 0.267 e. The van der Waals surface area contributed by atoms with E-state index in [9.17, 15) is 17.2 Å². The number of benzene rings is 2. The van der Waals surface area contributed by atoms with Crippen molar-refractivity contribution in [3.8, 4) is 0 Å². The molecule has 0 aliphatic rings. The molecular weight excluding hydrogens is 310 g/mol. The molecule has 0 spiro atoms. The van der Waals surface area contributed by atoms with Crippen molar-refractivity contribution in [2.45, 2.75) is 4.90 Å². The molecule has 0 radical (unpaired) electrons. The molecule has 0 saturated carbocycles. The molecule has 0 fully saturated rings. The molecule has 0 aromatic heterocycles. The van der Waals surface area contributed by atoms with E-state index in [1.807, 2.05) is 4.72 Å². The molecule has 4 nitrogen and oxygen atoms in total. The Labute approximate surface area is 119 Å².